The Hall–Kier alpha value is -4.25. The van der Waals surface area contributed by atoms with Crippen molar-refractivity contribution in [2.45, 2.75) is 37.8 Å². The summed E-state index contributed by atoms with van der Waals surface area (Å²) in [7, 11) is -1.52. The summed E-state index contributed by atoms with van der Waals surface area (Å²) < 4.78 is 40.4. The van der Waals surface area contributed by atoms with Crippen LogP contribution < -0.4 is 19.1 Å². The second kappa shape index (κ2) is 16.7. The minimum atomic E-state index is -4.37. The first kappa shape index (κ1) is 36.6. The number of hydrogen-bond donors (Lipinski definition) is 1. The van der Waals surface area contributed by atoms with Crippen LogP contribution in [0.25, 0.3) is 0 Å². The lowest BCUT2D eigenvalue weighted by molar-refractivity contribution is -0.140. The van der Waals surface area contributed by atoms with Gasteiger partial charge in [-0.3, -0.25) is 13.9 Å². The van der Waals surface area contributed by atoms with Crippen LogP contribution in [0.3, 0.4) is 0 Å². The molecule has 0 aliphatic heterocycles. The molecule has 2 amide bonds. The SMILES string of the molecule is COc1ccc(S(=O)(=O)N(CC(=O)N(Cc2ccc(Cl)cc2)[C@H](Cc2ccccc2)C(=O)NCC(C)C)c2ccc(Cl)cc2)cc1OC. The predicted octanol–water partition coefficient (Wildman–Crippen LogP) is 6.62. The fourth-order valence-corrected chi connectivity index (χ4v) is 6.69. The Balaban J connectivity index is 1.81. The molecule has 0 saturated carbocycles. The van der Waals surface area contributed by atoms with Gasteiger partial charge in [-0.15, -0.1) is 0 Å². The van der Waals surface area contributed by atoms with Gasteiger partial charge < -0.3 is 19.7 Å². The summed E-state index contributed by atoms with van der Waals surface area (Å²) in [6, 6.07) is 25.7. The molecule has 0 fully saturated rings. The maximum atomic E-state index is 14.6. The Morgan fingerprint density at radius 1 is 0.792 bits per heavy atom. The van der Waals surface area contributed by atoms with Gasteiger partial charge in [0.15, 0.2) is 11.5 Å². The van der Waals surface area contributed by atoms with Gasteiger partial charge in [-0.2, -0.15) is 0 Å². The number of carbonyl (C=O) groups is 2. The number of nitrogens with zero attached hydrogens (tertiary/aromatic N) is 2. The average Bonchev–Trinajstić information content (AvgIpc) is 3.08. The van der Waals surface area contributed by atoms with E-state index < -0.39 is 28.5 Å². The highest BCUT2D eigenvalue weighted by Crippen LogP contribution is 2.33. The van der Waals surface area contributed by atoms with Crippen molar-refractivity contribution in [3.63, 3.8) is 0 Å². The number of anilines is 1. The zero-order valence-corrected chi connectivity index (χ0v) is 29.6. The molecule has 0 aliphatic rings. The predicted molar refractivity (Wildman–Crippen MR) is 189 cm³/mol. The van der Waals surface area contributed by atoms with Gasteiger partial charge in [0.2, 0.25) is 11.8 Å². The Kier molecular flexibility index (Phi) is 12.7. The lowest BCUT2D eigenvalue weighted by Crippen LogP contribution is -2.53. The highest BCUT2D eigenvalue weighted by molar-refractivity contribution is 7.92. The van der Waals surface area contributed by atoms with Crippen molar-refractivity contribution in [2.75, 3.05) is 31.6 Å². The molecule has 1 N–H and O–H groups in total. The van der Waals surface area contributed by atoms with Crippen LogP contribution in [0.1, 0.15) is 25.0 Å². The maximum Gasteiger partial charge on any atom is 0.264 e. The number of carbonyl (C=O) groups excluding carboxylic acids is 2. The van der Waals surface area contributed by atoms with Crippen molar-refractivity contribution in [3.05, 3.63) is 118 Å². The zero-order chi connectivity index (χ0) is 34.8. The van der Waals surface area contributed by atoms with E-state index in [9.17, 15) is 18.0 Å². The molecule has 0 saturated heterocycles. The number of ether oxygens (including phenoxy) is 2. The third-order valence-electron chi connectivity index (χ3n) is 7.56. The molecule has 4 rings (SSSR count). The molecule has 0 aromatic heterocycles. The van der Waals surface area contributed by atoms with Crippen molar-refractivity contribution in [2.24, 2.45) is 5.92 Å². The Labute approximate surface area is 292 Å². The smallest absolute Gasteiger partial charge is 0.264 e. The third kappa shape index (κ3) is 9.43. The molecule has 254 valence electrons. The van der Waals surface area contributed by atoms with Crippen molar-refractivity contribution in [1.82, 2.24) is 10.2 Å². The summed E-state index contributed by atoms with van der Waals surface area (Å²) in [6.07, 6.45) is 0.202. The first-order chi connectivity index (χ1) is 22.9. The molecular formula is C36H39Cl2N3O6S. The Bertz CT molecular complexity index is 1790. The highest BCUT2D eigenvalue weighted by Gasteiger charge is 2.35. The average molecular weight is 713 g/mol. The van der Waals surface area contributed by atoms with Crippen LogP contribution >= 0.6 is 23.2 Å². The summed E-state index contributed by atoms with van der Waals surface area (Å²) in [5.74, 6) is -0.232. The zero-order valence-electron chi connectivity index (χ0n) is 27.2. The number of sulfonamides is 1. The van der Waals surface area contributed by atoms with Crippen LogP contribution in [0.2, 0.25) is 10.0 Å². The quantitative estimate of drug-likeness (QED) is 0.149. The van der Waals surface area contributed by atoms with E-state index in [1.165, 1.54) is 49.5 Å². The summed E-state index contributed by atoms with van der Waals surface area (Å²) in [5, 5.41) is 3.88. The molecule has 1 atom stereocenters. The molecular weight excluding hydrogens is 673 g/mol. The number of nitrogens with one attached hydrogen (secondary N) is 1. The Morgan fingerprint density at radius 2 is 1.40 bits per heavy atom. The van der Waals surface area contributed by atoms with Gasteiger partial charge >= 0.3 is 0 Å². The van der Waals surface area contributed by atoms with Crippen LogP contribution in [-0.4, -0.2) is 58.5 Å². The van der Waals surface area contributed by atoms with E-state index in [-0.39, 0.29) is 41.1 Å². The molecule has 0 bridgehead atoms. The van der Waals surface area contributed by atoms with E-state index in [1.807, 2.05) is 44.2 Å². The van der Waals surface area contributed by atoms with Gasteiger partial charge in [0.05, 0.1) is 24.8 Å². The van der Waals surface area contributed by atoms with Crippen LogP contribution in [-0.2, 0) is 32.6 Å². The molecule has 0 unspecified atom stereocenters. The molecule has 0 heterocycles. The monoisotopic (exact) mass is 711 g/mol. The van der Waals surface area contributed by atoms with Crippen LogP contribution in [0.5, 0.6) is 11.5 Å². The summed E-state index contributed by atoms with van der Waals surface area (Å²) >= 11 is 12.3. The molecule has 0 spiro atoms. The Morgan fingerprint density at radius 3 is 1.98 bits per heavy atom. The van der Waals surface area contributed by atoms with Crippen LogP contribution in [0.15, 0.2) is 102 Å². The lowest BCUT2D eigenvalue weighted by atomic mass is 10.0. The standard InChI is InChI=1S/C36H39Cl2N3O6S/c1-25(2)22-39-36(43)32(20-26-8-6-5-7-9-26)40(23-27-10-12-28(37)13-11-27)35(42)24-41(30-16-14-29(38)15-17-30)48(44,45)31-18-19-33(46-3)34(21-31)47-4/h5-19,21,25,32H,20,22-24H2,1-4H3,(H,39,43)/t32-/m1/s1. The van der Waals surface area contributed by atoms with E-state index >= 15 is 0 Å². The van der Waals surface area contributed by atoms with Gasteiger partial charge in [0.25, 0.3) is 10.0 Å². The van der Waals surface area contributed by atoms with Gasteiger partial charge in [-0.1, -0.05) is 79.5 Å². The first-order valence-corrected chi connectivity index (χ1v) is 17.5. The minimum Gasteiger partial charge on any atom is -0.493 e. The second-order valence-corrected chi connectivity index (χ2v) is 14.2. The maximum absolute atomic E-state index is 14.6. The fourth-order valence-electron chi connectivity index (χ4n) is 5.00. The molecule has 12 heteroatoms. The van der Waals surface area contributed by atoms with E-state index in [0.717, 1.165) is 9.87 Å². The number of halogens is 2. The van der Waals surface area contributed by atoms with Crippen LogP contribution in [0.4, 0.5) is 5.69 Å². The van der Waals surface area contributed by atoms with Gasteiger partial charge in [0, 0.05) is 35.6 Å². The lowest BCUT2D eigenvalue weighted by Gasteiger charge is -2.34. The molecule has 9 nitrogen and oxygen atoms in total. The summed E-state index contributed by atoms with van der Waals surface area (Å²) in [6.45, 7) is 3.76. The number of rotatable bonds is 15. The molecule has 0 aliphatic carbocycles. The molecule has 4 aromatic rings. The van der Waals surface area contributed by atoms with E-state index in [1.54, 1.807) is 36.4 Å². The fraction of sp³-hybridized carbons (Fsp3) is 0.278. The van der Waals surface area contributed by atoms with Crippen molar-refractivity contribution < 1.29 is 27.5 Å². The van der Waals surface area contributed by atoms with E-state index in [0.29, 0.717) is 27.9 Å². The van der Waals surface area contributed by atoms with E-state index in [2.05, 4.69) is 5.32 Å². The topological polar surface area (TPSA) is 105 Å². The number of benzene rings is 4. The van der Waals surface area contributed by atoms with Crippen LogP contribution in [0, 0.1) is 5.92 Å². The molecule has 4 aromatic carbocycles. The number of methoxy groups -OCH3 is 2. The first-order valence-electron chi connectivity index (χ1n) is 15.3. The molecule has 48 heavy (non-hydrogen) atoms. The van der Waals surface area contributed by atoms with E-state index in [4.69, 9.17) is 32.7 Å². The number of hydrogen-bond acceptors (Lipinski definition) is 6. The highest BCUT2D eigenvalue weighted by atomic mass is 35.5. The van der Waals surface area contributed by atoms with Crippen molar-refractivity contribution in [3.8, 4) is 11.5 Å². The summed E-state index contributed by atoms with van der Waals surface area (Å²) in [4.78, 5) is 29.8. The van der Waals surface area contributed by atoms with Crippen molar-refractivity contribution in [1.29, 1.82) is 0 Å². The minimum absolute atomic E-state index is 0.0213. The second-order valence-electron chi connectivity index (χ2n) is 11.5. The van der Waals surface area contributed by atoms with Gasteiger partial charge in [-0.25, -0.2) is 8.42 Å². The summed E-state index contributed by atoms with van der Waals surface area (Å²) in [5.41, 5.74) is 1.75. The third-order valence-corrected chi connectivity index (χ3v) is 9.83. The van der Waals surface area contributed by atoms with Crippen molar-refractivity contribution >= 4 is 50.7 Å². The normalized spacial score (nSPS) is 11.9. The van der Waals surface area contributed by atoms with Gasteiger partial charge in [0.1, 0.15) is 12.6 Å². The largest absolute Gasteiger partial charge is 0.493 e. The van der Waals surface area contributed by atoms with Gasteiger partial charge in [-0.05, 0) is 65.6 Å². The molecule has 0 radical (unpaired) electrons. The number of amides is 2.